The molecule has 1 amide bonds. The molecule has 0 radical (unpaired) electrons. The topological polar surface area (TPSA) is 73.2 Å². The molecule has 1 aromatic heterocycles. The third-order valence-electron chi connectivity index (χ3n) is 5.90. The zero-order valence-electron chi connectivity index (χ0n) is 18.3. The molecule has 1 heterocycles. The lowest BCUT2D eigenvalue weighted by Gasteiger charge is -2.19. The van der Waals surface area contributed by atoms with E-state index in [1.807, 2.05) is 48.9 Å². The first-order valence-corrected chi connectivity index (χ1v) is 11.1. The average molecular weight is 412 g/mol. The van der Waals surface area contributed by atoms with E-state index in [9.17, 15) is 9.59 Å². The van der Waals surface area contributed by atoms with Crippen molar-refractivity contribution in [3.63, 3.8) is 0 Å². The van der Waals surface area contributed by atoms with Gasteiger partial charge in [0.15, 0.2) is 6.10 Å². The molecule has 1 aromatic carbocycles. The summed E-state index contributed by atoms with van der Waals surface area (Å²) in [5, 5.41) is 7.67. The first-order chi connectivity index (χ1) is 14.5. The van der Waals surface area contributed by atoms with Crippen molar-refractivity contribution in [2.24, 2.45) is 0 Å². The van der Waals surface area contributed by atoms with Gasteiger partial charge in [-0.25, -0.2) is 4.68 Å². The summed E-state index contributed by atoms with van der Waals surface area (Å²) in [6.07, 6.45) is 6.78. The van der Waals surface area contributed by atoms with E-state index in [0.717, 1.165) is 48.3 Å². The van der Waals surface area contributed by atoms with Gasteiger partial charge in [0.05, 0.1) is 11.4 Å². The number of esters is 1. The van der Waals surface area contributed by atoms with Gasteiger partial charge in [-0.05, 0) is 57.7 Å². The van der Waals surface area contributed by atoms with Gasteiger partial charge in [-0.2, -0.15) is 5.10 Å². The smallest absolute Gasteiger partial charge is 0.306 e. The van der Waals surface area contributed by atoms with E-state index in [1.54, 1.807) is 6.92 Å². The molecule has 1 atom stereocenters. The minimum Gasteiger partial charge on any atom is -0.453 e. The number of carbonyl (C=O) groups excluding carboxylic acids is 2. The second-order valence-electron chi connectivity index (χ2n) is 8.23. The maximum atomic E-state index is 12.4. The summed E-state index contributed by atoms with van der Waals surface area (Å²) < 4.78 is 7.30. The van der Waals surface area contributed by atoms with Crippen LogP contribution >= 0.6 is 0 Å². The maximum absolute atomic E-state index is 12.4. The van der Waals surface area contributed by atoms with Crippen LogP contribution in [0.2, 0.25) is 0 Å². The Kier molecular flexibility index (Phi) is 7.66. The number of amides is 1. The number of carbonyl (C=O) groups is 2. The van der Waals surface area contributed by atoms with Crippen molar-refractivity contribution < 1.29 is 14.3 Å². The molecule has 1 saturated carbocycles. The second-order valence-corrected chi connectivity index (χ2v) is 8.23. The van der Waals surface area contributed by atoms with Crippen molar-refractivity contribution in [3.05, 3.63) is 47.3 Å². The number of aryl methyl sites for hydroxylation is 1. The lowest BCUT2D eigenvalue weighted by Crippen LogP contribution is -2.41. The van der Waals surface area contributed by atoms with Gasteiger partial charge in [0.25, 0.3) is 5.91 Å². The normalized spacial score (nSPS) is 16.0. The first kappa shape index (κ1) is 22.1. The summed E-state index contributed by atoms with van der Waals surface area (Å²) in [4.78, 5) is 24.7. The fourth-order valence-electron chi connectivity index (χ4n) is 4.14. The van der Waals surface area contributed by atoms with Crippen molar-refractivity contribution in [1.29, 1.82) is 0 Å². The maximum Gasteiger partial charge on any atom is 0.306 e. The van der Waals surface area contributed by atoms with Crippen molar-refractivity contribution >= 4 is 11.9 Å². The van der Waals surface area contributed by atoms with E-state index in [1.165, 1.54) is 12.8 Å². The van der Waals surface area contributed by atoms with Crippen LogP contribution in [0, 0.1) is 13.8 Å². The third kappa shape index (κ3) is 5.71. The van der Waals surface area contributed by atoms with Crippen LogP contribution < -0.4 is 5.32 Å². The van der Waals surface area contributed by atoms with E-state index in [2.05, 4.69) is 10.4 Å². The highest BCUT2D eigenvalue weighted by Crippen LogP contribution is 2.20. The molecule has 6 nitrogen and oxygen atoms in total. The Bertz CT molecular complexity index is 852. The number of rotatable bonds is 7. The van der Waals surface area contributed by atoms with Crippen LogP contribution in [0.1, 0.15) is 68.8 Å². The molecule has 162 valence electrons. The highest BCUT2D eigenvalue weighted by Gasteiger charge is 2.22. The highest BCUT2D eigenvalue weighted by atomic mass is 16.5. The second kappa shape index (κ2) is 10.4. The van der Waals surface area contributed by atoms with Crippen molar-refractivity contribution in [3.8, 4) is 5.69 Å². The largest absolute Gasteiger partial charge is 0.453 e. The lowest BCUT2D eigenvalue weighted by molar-refractivity contribution is -0.155. The molecule has 0 unspecified atom stereocenters. The van der Waals surface area contributed by atoms with Crippen LogP contribution in [0.25, 0.3) is 5.69 Å². The summed E-state index contributed by atoms with van der Waals surface area (Å²) in [6, 6.07) is 10.1. The van der Waals surface area contributed by atoms with Gasteiger partial charge in [0, 0.05) is 18.2 Å². The molecule has 1 aliphatic rings. The number of nitrogens with zero attached hydrogens (tertiary/aromatic N) is 2. The third-order valence-corrected chi connectivity index (χ3v) is 5.90. The number of aromatic nitrogens is 2. The zero-order valence-corrected chi connectivity index (χ0v) is 18.3. The minimum absolute atomic E-state index is 0.195. The molecule has 30 heavy (non-hydrogen) atoms. The Morgan fingerprint density at radius 2 is 1.80 bits per heavy atom. The first-order valence-electron chi connectivity index (χ1n) is 11.1. The van der Waals surface area contributed by atoms with Gasteiger partial charge in [-0.1, -0.05) is 43.9 Å². The molecule has 1 N–H and O–H groups in total. The molecule has 1 aliphatic carbocycles. The van der Waals surface area contributed by atoms with Crippen LogP contribution in [0.4, 0.5) is 0 Å². The van der Waals surface area contributed by atoms with Crippen molar-refractivity contribution in [2.75, 3.05) is 0 Å². The quantitative estimate of drug-likeness (QED) is 0.548. The Morgan fingerprint density at radius 3 is 2.47 bits per heavy atom. The van der Waals surface area contributed by atoms with Crippen LogP contribution in [-0.2, 0) is 20.7 Å². The van der Waals surface area contributed by atoms with Gasteiger partial charge in [-0.3, -0.25) is 9.59 Å². The van der Waals surface area contributed by atoms with E-state index in [-0.39, 0.29) is 24.3 Å². The molecule has 6 heteroatoms. The van der Waals surface area contributed by atoms with Crippen LogP contribution in [0.5, 0.6) is 0 Å². The minimum atomic E-state index is -0.769. The number of para-hydroxylation sites is 1. The van der Waals surface area contributed by atoms with Gasteiger partial charge < -0.3 is 10.1 Å². The molecule has 0 aliphatic heterocycles. The number of benzene rings is 1. The Hall–Kier alpha value is -2.63. The molecule has 1 fully saturated rings. The standard InChI is InChI=1S/C24H33N3O3/c1-17-22(18(2)27(26-17)21-13-9-6-10-14-21)15-16-23(28)30-19(3)24(29)25-20-11-7-4-5-8-12-20/h6,9-10,13-14,19-20H,4-5,7-8,11-12,15-16H2,1-3H3,(H,25,29)/t19-/m1/s1. The SMILES string of the molecule is Cc1nn(-c2ccccc2)c(C)c1CCC(=O)O[C@H](C)C(=O)NC1CCCCCC1. The monoisotopic (exact) mass is 411 g/mol. The van der Waals surface area contributed by atoms with E-state index < -0.39 is 6.10 Å². The highest BCUT2D eigenvalue weighted by molar-refractivity contribution is 5.83. The summed E-state index contributed by atoms with van der Waals surface area (Å²) in [7, 11) is 0. The van der Waals surface area contributed by atoms with Crippen molar-refractivity contribution in [1.82, 2.24) is 15.1 Å². The molecule has 0 bridgehead atoms. The van der Waals surface area contributed by atoms with Crippen LogP contribution in [0.3, 0.4) is 0 Å². The molecule has 2 aromatic rings. The fourth-order valence-corrected chi connectivity index (χ4v) is 4.14. The van der Waals surface area contributed by atoms with E-state index in [4.69, 9.17) is 4.74 Å². The molecular weight excluding hydrogens is 378 g/mol. The summed E-state index contributed by atoms with van der Waals surface area (Å²) in [6.45, 7) is 5.61. The molecule has 0 saturated heterocycles. The number of hydrogen-bond acceptors (Lipinski definition) is 4. The van der Waals surface area contributed by atoms with Gasteiger partial charge >= 0.3 is 5.97 Å². The Labute approximate surface area is 179 Å². The van der Waals surface area contributed by atoms with Gasteiger partial charge in [0.1, 0.15) is 0 Å². The number of ether oxygens (including phenoxy) is 1. The molecule has 0 spiro atoms. The Morgan fingerprint density at radius 1 is 1.13 bits per heavy atom. The molecule has 3 rings (SSSR count). The van der Waals surface area contributed by atoms with Crippen LogP contribution in [0.15, 0.2) is 30.3 Å². The average Bonchev–Trinajstić information content (AvgIpc) is 2.89. The van der Waals surface area contributed by atoms with Crippen LogP contribution in [-0.4, -0.2) is 33.8 Å². The van der Waals surface area contributed by atoms with Gasteiger partial charge in [-0.15, -0.1) is 0 Å². The number of hydrogen-bond donors (Lipinski definition) is 1. The fraction of sp³-hybridized carbons (Fsp3) is 0.542. The number of nitrogens with one attached hydrogen (secondary N) is 1. The van der Waals surface area contributed by atoms with Crippen molar-refractivity contribution in [2.45, 2.75) is 84.3 Å². The van der Waals surface area contributed by atoms with E-state index >= 15 is 0 Å². The lowest BCUT2D eigenvalue weighted by atomic mass is 10.1. The zero-order chi connectivity index (χ0) is 21.5. The summed E-state index contributed by atoms with van der Waals surface area (Å²) in [5.74, 6) is -0.552. The Balaban J connectivity index is 1.52. The summed E-state index contributed by atoms with van der Waals surface area (Å²) in [5.41, 5.74) is 3.97. The summed E-state index contributed by atoms with van der Waals surface area (Å²) >= 11 is 0. The van der Waals surface area contributed by atoms with Gasteiger partial charge in [0.2, 0.25) is 0 Å². The predicted molar refractivity (Wildman–Crippen MR) is 117 cm³/mol. The van der Waals surface area contributed by atoms with E-state index in [0.29, 0.717) is 6.42 Å². The predicted octanol–water partition coefficient (Wildman–Crippen LogP) is 4.19. The molecular formula is C24H33N3O3.